The molecule has 0 spiro atoms. The van der Waals surface area contributed by atoms with Crippen molar-refractivity contribution < 1.29 is 0 Å². The maximum absolute atomic E-state index is 3.50. The topological polar surface area (TPSA) is 0 Å². The third-order valence-electron chi connectivity index (χ3n) is 2.44. The summed E-state index contributed by atoms with van der Waals surface area (Å²) in [7, 11) is 0.843. The molecule has 0 aliphatic carbocycles. The van der Waals surface area contributed by atoms with Crippen molar-refractivity contribution >= 4 is 8.19 Å². The maximum atomic E-state index is 3.50. The first-order valence-electron chi connectivity index (χ1n) is 5.45. The van der Waals surface area contributed by atoms with Crippen LogP contribution in [0.3, 0.4) is 0 Å². The van der Waals surface area contributed by atoms with Crippen LogP contribution in [0.25, 0.3) is 0 Å². The predicted molar refractivity (Wildman–Crippen MR) is 62.0 cm³/mol. The zero-order valence-corrected chi connectivity index (χ0v) is 9.82. The Morgan fingerprint density at radius 1 is 1.15 bits per heavy atom. The van der Waals surface area contributed by atoms with Gasteiger partial charge in [-0.2, -0.15) is 0 Å². The molecular weight excluding hydrogens is 175 g/mol. The summed E-state index contributed by atoms with van der Waals surface area (Å²) in [6.45, 7) is 4.52. The largest absolute Gasteiger partial charge is 0.131 e. The van der Waals surface area contributed by atoms with E-state index in [9.17, 15) is 0 Å². The Labute approximate surface area is 83.8 Å². The second kappa shape index (κ2) is 6.27. The molecule has 1 aromatic rings. The van der Waals surface area contributed by atoms with E-state index < -0.39 is 0 Å². The highest BCUT2D eigenvalue weighted by molar-refractivity contribution is 7.28. The molecule has 13 heavy (non-hydrogen) atoms. The summed E-state index contributed by atoms with van der Waals surface area (Å²) >= 11 is 0. The fraction of sp³-hybridized carbons (Fsp3) is 0.667. The SMILES string of the molecule is CCCCc1[c][pH]cc1CCCC. The zero-order chi connectivity index (χ0) is 9.52. The number of unbranched alkanes of at least 4 members (excludes halogenated alkanes) is 2. The second-order valence-corrected chi connectivity index (χ2v) is 4.45. The fourth-order valence-corrected chi connectivity index (χ4v) is 2.57. The summed E-state index contributed by atoms with van der Waals surface area (Å²) in [6.07, 6.45) is 7.83. The summed E-state index contributed by atoms with van der Waals surface area (Å²) in [5, 5.41) is 0. The van der Waals surface area contributed by atoms with Crippen LogP contribution in [0.5, 0.6) is 0 Å². The summed E-state index contributed by atoms with van der Waals surface area (Å²) in [6, 6.07) is 0. The minimum Gasteiger partial charge on any atom is -0.131 e. The third-order valence-corrected chi connectivity index (χ3v) is 3.38. The van der Waals surface area contributed by atoms with Gasteiger partial charge in [0, 0.05) is 5.80 Å². The lowest BCUT2D eigenvalue weighted by atomic mass is 10.0. The van der Waals surface area contributed by atoms with Gasteiger partial charge in [-0.1, -0.05) is 26.7 Å². The van der Waals surface area contributed by atoms with Crippen molar-refractivity contribution in [2.24, 2.45) is 0 Å². The van der Waals surface area contributed by atoms with Gasteiger partial charge < -0.3 is 0 Å². The maximum Gasteiger partial charge on any atom is 0.00565 e. The second-order valence-electron chi connectivity index (χ2n) is 3.62. The Balaban J connectivity index is 2.45. The predicted octanol–water partition coefficient (Wildman–Crippen LogP) is 4.20. The van der Waals surface area contributed by atoms with Crippen molar-refractivity contribution in [3.63, 3.8) is 0 Å². The van der Waals surface area contributed by atoms with E-state index in [1.165, 1.54) is 44.1 Å². The number of hydrogen-bond acceptors (Lipinski definition) is 0. The van der Waals surface area contributed by atoms with E-state index in [4.69, 9.17) is 0 Å². The number of hydrogen-bond donors (Lipinski definition) is 0. The summed E-state index contributed by atoms with van der Waals surface area (Å²) < 4.78 is 0. The molecule has 0 aliphatic heterocycles. The van der Waals surface area contributed by atoms with Gasteiger partial charge in [-0.3, -0.25) is 0 Å². The lowest BCUT2D eigenvalue weighted by Gasteiger charge is -2.02. The van der Waals surface area contributed by atoms with E-state index in [-0.39, 0.29) is 0 Å². The average Bonchev–Trinajstić information content (AvgIpc) is 2.59. The van der Waals surface area contributed by atoms with Gasteiger partial charge in [-0.15, -0.1) is 8.19 Å². The van der Waals surface area contributed by atoms with Crippen molar-refractivity contribution in [2.45, 2.75) is 52.4 Å². The Morgan fingerprint density at radius 3 is 2.54 bits per heavy atom. The molecule has 0 saturated heterocycles. The van der Waals surface area contributed by atoms with Gasteiger partial charge in [-0.05, 0) is 42.6 Å². The first-order chi connectivity index (χ1) is 6.38. The van der Waals surface area contributed by atoms with Crippen LogP contribution in [-0.2, 0) is 12.8 Å². The molecule has 1 radical (unpaired) electrons. The van der Waals surface area contributed by atoms with Gasteiger partial charge in [0.15, 0.2) is 0 Å². The average molecular weight is 195 g/mol. The lowest BCUT2D eigenvalue weighted by Crippen LogP contribution is -1.90. The summed E-state index contributed by atoms with van der Waals surface area (Å²) in [5.41, 5.74) is 3.14. The molecule has 1 rings (SSSR count). The molecule has 73 valence electrons. The molecule has 0 aliphatic rings. The van der Waals surface area contributed by atoms with Crippen LogP contribution >= 0.6 is 8.19 Å². The smallest absolute Gasteiger partial charge is 0.00565 e. The highest BCUT2D eigenvalue weighted by Crippen LogP contribution is 2.21. The van der Waals surface area contributed by atoms with Gasteiger partial charge in [0.1, 0.15) is 0 Å². The lowest BCUT2D eigenvalue weighted by molar-refractivity contribution is 0.762. The monoisotopic (exact) mass is 195 g/mol. The first-order valence-corrected chi connectivity index (χ1v) is 6.53. The van der Waals surface area contributed by atoms with Crippen molar-refractivity contribution in [3.05, 3.63) is 22.7 Å². The molecule has 0 aromatic carbocycles. The van der Waals surface area contributed by atoms with Gasteiger partial charge in [-0.25, -0.2) is 0 Å². The molecule has 1 heteroatoms. The van der Waals surface area contributed by atoms with Crippen LogP contribution < -0.4 is 0 Å². The van der Waals surface area contributed by atoms with Crippen molar-refractivity contribution in [3.8, 4) is 0 Å². The van der Waals surface area contributed by atoms with Gasteiger partial charge in [0.25, 0.3) is 0 Å². The quantitative estimate of drug-likeness (QED) is 0.638. The molecule has 0 saturated carbocycles. The van der Waals surface area contributed by atoms with Crippen molar-refractivity contribution in [2.75, 3.05) is 0 Å². The molecule has 1 atom stereocenters. The summed E-state index contributed by atoms with van der Waals surface area (Å²) in [4.78, 5) is 0. The molecule has 0 fully saturated rings. The Morgan fingerprint density at radius 2 is 1.85 bits per heavy atom. The summed E-state index contributed by atoms with van der Waals surface area (Å²) in [5.74, 6) is 5.89. The van der Waals surface area contributed by atoms with E-state index in [0.717, 1.165) is 8.19 Å². The molecule has 0 bridgehead atoms. The van der Waals surface area contributed by atoms with E-state index in [1.807, 2.05) is 0 Å². The van der Waals surface area contributed by atoms with Crippen LogP contribution in [0, 0.1) is 5.80 Å². The van der Waals surface area contributed by atoms with Gasteiger partial charge >= 0.3 is 0 Å². The van der Waals surface area contributed by atoms with Crippen LogP contribution in [0.15, 0.2) is 5.80 Å². The number of rotatable bonds is 6. The Hall–Kier alpha value is -0.220. The van der Waals surface area contributed by atoms with Crippen LogP contribution in [0.1, 0.15) is 50.7 Å². The van der Waals surface area contributed by atoms with Crippen LogP contribution in [0.2, 0.25) is 0 Å². The first kappa shape index (κ1) is 10.9. The highest BCUT2D eigenvalue weighted by atomic mass is 31.0. The number of aryl methyl sites for hydroxylation is 2. The van der Waals surface area contributed by atoms with Crippen LogP contribution in [0.4, 0.5) is 0 Å². The van der Waals surface area contributed by atoms with E-state index in [2.05, 4.69) is 25.4 Å². The van der Waals surface area contributed by atoms with Gasteiger partial charge in [0.2, 0.25) is 0 Å². The molecule has 0 amide bonds. The molecule has 1 heterocycles. The van der Waals surface area contributed by atoms with Gasteiger partial charge in [0.05, 0.1) is 0 Å². The zero-order valence-electron chi connectivity index (χ0n) is 8.82. The molecular formula is C12H20P. The molecule has 0 N–H and O–H groups in total. The standard InChI is InChI=1S/C12H20P/c1-3-5-7-11-9-13-10-12(11)8-6-4-2/h9,13H,3-8H2,1-2H3. The van der Waals surface area contributed by atoms with E-state index in [1.54, 1.807) is 5.56 Å². The Bertz CT molecular complexity index is 202. The van der Waals surface area contributed by atoms with Crippen molar-refractivity contribution in [1.29, 1.82) is 0 Å². The van der Waals surface area contributed by atoms with E-state index in [0.29, 0.717) is 0 Å². The normalized spacial score (nSPS) is 10.6. The molecule has 1 unspecified atom stereocenters. The molecule has 0 nitrogen and oxygen atoms in total. The highest BCUT2D eigenvalue weighted by Gasteiger charge is 2.01. The Kier molecular flexibility index (Phi) is 5.23. The van der Waals surface area contributed by atoms with Crippen LogP contribution in [-0.4, -0.2) is 0 Å². The minimum atomic E-state index is 0.843. The minimum absolute atomic E-state index is 0.843. The third kappa shape index (κ3) is 3.56. The molecule has 1 aromatic heterocycles. The van der Waals surface area contributed by atoms with E-state index >= 15 is 0 Å². The van der Waals surface area contributed by atoms with Crippen molar-refractivity contribution in [1.82, 2.24) is 0 Å². The fourth-order valence-electron chi connectivity index (χ4n) is 1.54.